The summed E-state index contributed by atoms with van der Waals surface area (Å²) in [5, 5.41) is 12.1. The van der Waals surface area contributed by atoms with E-state index in [-0.39, 0.29) is 25.1 Å². The number of benzene rings is 1. The molecule has 0 heterocycles. The zero-order chi connectivity index (χ0) is 18.8. The molecule has 1 rings (SSSR count). The number of aliphatic hydroxyl groups excluding tert-OH is 1. The summed E-state index contributed by atoms with van der Waals surface area (Å²) in [5.74, 6) is 0.308. The first-order chi connectivity index (χ1) is 11.8. The number of carbonyl (C=O) groups is 2. The van der Waals surface area contributed by atoms with Gasteiger partial charge in [0, 0.05) is 33.6 Å². The molecule has 0 aromatic heterocycles. The fraction of sp³-hybridized carbons (Fsp3) is 0.579. The normalized spacial score (nSPS) is 11.9. The van der Waals surface area contributed by atoms with E-state index < -0.39 is 6.04 Å². The third kappa shape index (κ3) is 7.56. The molecule has 0 aliphatic rings. The highest BCUT2D eigenvalue weighted by Crippen LogP contribution is 2.07. The highest BCUT2D eigenvalue weighted by Gasteiger charge is 2.25. The number of likely N-dealkylation sites (N-methyl/N-ethyl adjacent to an activating group) is 1. The molecular weight excluding hydrogens is 318 g/mol. The van der Waals surface area contributed by atoms with E-state index in [0.29, 0.717) is 18.9 Å². The van der Waals surface area contributed by atoms with Crippen LogP contribution in [0.2, 0.25) is 0 Å². The molecule has 0 aliphatic carbocycles. The molecule has 0 fully saturated rings. The van der Waals surface area contributed by atoms with Gasteiger partial charge >= 0.3 is 6.03 Å². The quantitative estimate of drug-likeness (QED) is 0.713. The molecule has 0 radical (unpaired) electrons. The molecule has 0 saturated carbocycles. The van der Waals surface area contributed by atoms with Crippen molar-refractivity contribution in [3.63, 3.8) is 0 Å². The second kappa shape index (κ2) is 10.7. The molecule has 0 bridgehead atoms. The third-order valence-corrected chi connectivity index (χ3v) is 3.95. The van der Waals surface area contributed by atoms with Gasteiger partial charge in [-0.25, -0.2) is 4.79 Å². The average molecular weight is 349 g/mol. The molecule has 6 nitrogen and oxygen atoms in total. The number of nitrogens with one attached hydrogen (secondary N) is 1. The van der Waals surface area contributed by atoms with Gasteiger partial charge in [-0.1, -0.05) is 44.2 Å². The summed E-state index contributed by atoms with van der Waals surface area (Å²) >= 11 is 0. The Hall–Kier alpha value is -2.08. The smallest absolute Gasteiger partial charge is 0.318 e. The lowest BCUT2D eigenvalue weighted by Gasteiger charge is -2.27. The molecule has 25 heavy (non-hydrogen) atoms. The molecule has 0 aliphatic heterocycles. The maximum Gasteiger partial charge on any atom is 0.318 e. The van der Waals surface area contributed by atoms with Crippen LogP contribution < -0.4 is 5.32 Å². The SMILES string of the molecule is CC(C)CCN(CCO)C(=O)NC(Cc1ccccc1)C(=O)N(C)C. The summed E-state index contributed by atoms with van der Waals surface area (Å²) in [4.78, 5) is 28.1. The Bertz CT molecular complexity index is 532. The van der Waals surface area contributed by atoms with E-state index in [1.807, 2.05) is 30.3 Å². The second-order valence-electron chi connectivity index (χ2n) is 6.82. The number of aliphatic hydroxyl groups is 1. The van der Waals surface area contributed by atoms with Crippen molar-refractivity contribution in [1.29, 1.82) is 0 Å². The number of urea groups is 1. The zero-order valence-corrected chi connectivity index (χ0v) is 15.7. The molecule has 6 heteroatoms. The van der Waals surface area contributed by atoms with Gasteiger partial charge in [0.05, 0.1) is 6.61 Å². The minimum Gasteiger partial charge on any atom is -0.395 e. The summed E-state index contributed by atoms with van der Waals surface area (Å²) in [7, 11) is 3.35. The summed E-state index contributed by atoms with van der Waals surface area (Å²) in [5.41, 5.74) is 0.985. The van der Waals surface area contributed by atoms with Gasteiger partial charge < -0.3 is 20.2 Å². The third-order valence-electron chi connectivity index (χ3n) is 3.95. The van der Waals surface area contributed by atoms with Crippen molar-refractivity contribution in [2.75, 3.05) is 33.8 Å². The van der Waals surface area contributed by atoms with Gasteiger partial charge in [0.1, 0.15) is 6.04 Å². The molecule has 0 spiro atoms. The number of nitrogens with zero attached hydrogens (tertiary/aromatic N) is 2. The van der Waals surface area contributed by atoms with Gasteiger partial charge in [0.15, 0.2) is 0 Å². The predicted octanol–water partition coefficient (Wildman–Crippen LogP) is 1.74. The molecule has 2 N–H and O–H groups in total. The Morgan fingerprint density at radius 1 is 1.12 bits per heavy atom. The van der Waals surface area contributed by atoms with E-state index >= 15 is 0 Å². The van der Waals surface area contributed by atoms with Crippen molar-refractivity contribution in [3.05, 3.63) is 35.9 Å². The summed E-state index contributed by atoms with van der Waals surface area (Å²) in [6.45, 7) is 4.88. The van der Waals surface area contributed by atoms with Gasteiger partial charge in [-0.05, 0) is 17.9 Å². The Kier molecular flexibility index (Phi) is 8.99. The van der Waals surface area contributed by atoms with Crippen molar-refractivity contribution in [3.8, 4) is 0 Å². The molecule has 1 aromatic carbocycles. The lowest BCUT2D eigenvalue weighted by molar-refractivity contribution is -0.130. The molecule has 3 amide bonds. The monoisotopic (exact) mass is 349 g/mol. The molecule has 1 aromatic rings. The first kappa shape index (κ1) is 21.0. The van der Waals surface area contributed by atoms with Crippen LogP contribution in [0.3, 0.4) is 0 Å². The minimum absolute atomic E-state index is 0.101. The Labute approximate surface area is 150 Å². The average Bonchev–Trinajstić information content (AvgIpc) is 2.57. The maximum atomic E-state index is 12.6. The van der Waals surface area contributed by atoms with Crippen LogP contribution in [0.15, 0.2) is 30.3 Å². The van der Waals surface area contributed by atoms with E-state index in [0.717, 1.165) is 12.0 Å². The standard InChI is InChI=1S/C19H31N3O3/c1-15(2)10-11-22(12-13-23)19(25)20-17(18(24)21(3)4)14-16-8-6-5-7-9-16/h5-9,15,17,23H,10-14H2,1-4H3,(H,20,25). The van der Waals surface area contributed by atoms with Gasteiger partial charge in [-0.3, -0.25) is 4.79 Å². The fourth-order valence-corrected chi connectivity index (χ4v) is 2.45. The van der Waals surface area contributed by atoms with E-state index in [2.05, 4.69) is 19.2 Å². The topological polar surface area (TPSA) is 72.9 Å². The summed E-state index contributed by atoms with van der Waals surface area (Å²) < 4.78 is 0. The van der Waals surface area contributed by atoms with Crippen LogP contribution in [0.4, 0.5) is 4.79 Å². The van der Waals surface area contributed by atoms with Gasteiger partial charge in [0.25, 0.3) is 0 Å². The van der Waals surface area contributed by atoms with E-state index in [9.17, 15) is 14.7 Å². The number of hydrogen-bond acceptors (Lipinski definition) is 3. The van der Waals surface area contributed by atoms with Crippen molar-refractivity contribution in [2.45, 2.75) is 32.7 Å². The van der Waals surface area contributed by atoms with E-state index in [1.54, 1.807) is 19.0 Å². The Balaban J connectivity index is 2.82. The lowest BCUT2D eigenvalue weighted by atomic mass is 10.1. The number of carbonyl (C=O) groups excluding carboxylic acids is 2. The first-order valence-electron chi connectivity index (χ1n) is 8.76. The van der Waals surface area contributed by atoms with Crippen molar-refractivity contribution in [1.82, 2.24) is 15.1 Å². The number of hydrogen-bond donors (Lipinski definition) is 2. The fourth-order valence-electron chi connectivity index (χ4n) is 2.45. The lowest BCUT2D eigenvalue weighted by Crippen LogP contribution is -2.52. The second-order valence-corrected chi connectivity index (χ2v) is 6.82. The molecular formula is C19H31N3O3. The van der Waals surface area contributed by atoms with Crippen LogP contribution >= 0.6 is 0 Å². The molecule has 1 atom stereocenters. The van der Waals surface area contributed by atoms with Crippen LogP contribution in [0, 0.1) is 5.92 Å². The van der Waals surface area contributed by atoms with Gasteiger partial charge in [-0.2, -0.15) is 0 Å². The summed E-state index contributed by atoms with van der Waals surface area (Å²) in [6, 6.07) is 8.67. The predicted molar refractivity (Wildman–Crippen MR) is 99.3 cm³/mol. The van der Waals surface area contributed by atoms with Crippen LogP contribution in [-0.2, 0) is 11.2 Å². The van der Waals surface area contributed by atoms with Crippen LogP contribution in [0.1, 0.15) is 25.8 Å². The van der Waals surface area contributed by atoms with Crippen LogP contribution in [0.25, 0.3) is 0 Å². The van der Waals surface area contributed by atoms with E-state index in [1.165, 1.54) is 4.90 Å². The molecule has 1 unspecified atom stereocenters. The Morgan fingerprint density at radius 2 is 1.76 bits per heavy atom. The molecule has 140 valence electrons. The minimum atomic E-state index is -0.634. The zero-order valence-electron chi connectivity index (χ0n) is 15.7. The van der Waals surface area contributed by atoms with Gasteiger partial charge in [0.2, 0.25) is 5.91 Å². The molecule has 0 saturated heterocycles. The number of rotatable bonds is 9. The van der Waals surface area contributed by atoms with Gasteiger partial charge in [-0.15, -0.1) is 0 Å². The first-order valence-corrected chi connectivity index (χ1v) is 8.76. The highest BCUT2D eigenvalue weighted by atomic mass is 16.3. The maximum absolute atomic E-state index is 12.6. The summed E-state index contributed by atoms with van der Waals surface area (Å²) in [6.07, 6.45) is 1.28. The highest BCUT2D eigenvalue weighted by molar-refractivity contribution is 5.87. The number of amides is 3. The van der Waals surface area contributed by atoms with Crippen molar-refractivity contribution < 1.29 is 14.7 Å². The van der Waals surface area contributed by atoms with Crippen LogP contribution in [-0.4, -0.2) is 66.7 Å². The Morgan fingerprint density at radius 3 is 2.28 bits per heavy atom. The van der Waals surface area contributed by atoms with Crippen LogP contribution in [0.5, 0.6) is 0 Å². The largest absolute Gasteiger partial charge is 0.395 e. The van der Waals surface area contributed by atoms with E-state index in [4.69, 9.17) is 0 Å². The van der Waals surface area contributed by atoms with Crippen molar-refractivity contribution >= 4 is 11.9 Å². The van der Waals surface area contributed by atoms with Crippen molar-refractivity contribution in [2.24, 2.45) is 5.92 Å².